The molecular formula is C11H10Cl2O. The first-order valence-corrected chi connectivity index (χ1v) is 5.07. The SMILES string of the molecule is C=C(C)C1(c2ccc(Cl)cc2Cl)CO1. The van der Waals surface area contributed by atoms with E-state index in [1.165, 1.54) is 0 Å². The van der Waals surface area contributed by atoms with Crippen LogP contribution in [0.4, 0.5) is 0 Å². The third-order valence-electron chi connectivity index (χ3n) is 2.49. The zero-order chi connectivity index (χ0) is 10.3. The summed E-state index contributed by atoms with van der Waals surface area (Å²) in [5, 5.41) is 1.27. The van der Waals surface area contributed by atoms with E-state index in [-0.39, 0.29) is 5.60 Å². The highest BCUT2D eigenvalue weighted by Gasteiger charge is 2.48. The second-order valence-electron chi connectivity index (χ2n) is 3.52. The summed E-state index contributed by atoms with van der Waals surface area (Å²) in [6.45, 7) is 6.51. The Morgan fingerprint density at radius 1 is 1.50 bits per heavy atom. The molecule has 1 aromatic carbocycles. The van der Waals surface area contributed by atoms with E-state index < -0.39 is 0 Å². The summed E-state index contributed by atoms with van der Waals surface area (Å²) in [5.41, 5.74) is 1.57. The van der Waals surface area contributed by atoms with Crippen molar-refractivity contribution in [2.24, 2.45) is 0 Å². The lowest BCUT2D eigenvalue weighted by Crippen LogP contribution is -2.10. The summed E-state index contributed by atoms with van der Waals surface area (Å²) in [5.74, 6) is 0. The van der Waals surface area contributed by atoms with Crippen LogP contribution in [0.1, 0.15) is 12.5 Å². The number of rotatable bonds is 2. The van der Waals surface area contributed by atoms with Gasteiger partial charge in [0.1, 0.15) is 5.60 Å². The Kier molecular flexibility index (Phi) is 2.34. The molecule has 0 aromatic heterocycles. The summed E-state index contributed by atoms with van der Waals surface area (Å²) in [4.78, 5) is 0. The van der Waals surface area contributed by atoms with Gasteiger partial charge in [-0.15, -0.1) is 0 Å². The molecule has 2 rings (SSSR count). The Bertz CT molecular complexity index is 394. The zero-order valence-electron chi connectivity index (χ0n) is 7.81. The summed E-state index contributed by atoms with van der Waals surface area (Å²) in [7, 11) is 0. The zero-order valence-corrected chi connectivity index (χ0v) is 9.32. The molecule has 0 amide bonds. The maximum absolute atomic E-state index is 6.09. The van der Waals surface area contributed by atoms with Gasteiger partial charge in [-0.3, -0.25) is 0 Å². The summed E-state index contributed by atoms with van der Waals surface area (Å²) in [6, 6.07) is 5.44. The van der Waals surface area contributed by atoms with Gasteiger partial charge in [-0.05, 0) is 24.6 Å². The van der Waals surface area contributed by atoms with Crippen LogP contribution < -0.4 is 0 Å². The minimum absolute atomic E-state index is 0.359. The van der Waals surface area contributed by atoms with Gasteiger partial charge in [0.2, 0.25) is 0 Å². The molecule has 1 atom stereocenters. The first-order chi connectivity index (χ1) is 6.56. The van der Waals surface area contributed by atoms with Gasteiger partial charge in [-0.25, -0.2) is 0 Å². The number of hydrogen-bond acceptors (Lipinski definition) is 1. The lowest BCUT2D eigenvalue weighted by Gasteiger charge is -2.13. The molecule has 0 spiro atoms. The average Bonchev–Trinajstić information content (AvgIpc) is 2.84. The van der Waals surface area contributed by atoms with Crippen LogP contribution in [0, 0.1) is 0 Å². The van der Waals surface area contributed by atoms with Crippen molar-refractivity contribution in [3.8, 4) is 0 Å². The molecule has 0 saturated carbocycles. The first-order valence-electron chi connectivity index (χ1n) is 4.32. The van der Waals surface area contributed by atoms with Crippen LogP contribution in [0.25, 0.3) is 0 Å². The van der Waals surface area contributed by atoms with Crippen LogP contribution in [0.5, 0.6) is 0 Å². The van der Waals surface area contributed by atoms with Gasteiger partial charge in [-0.1, -0.05) is 35.8 Å². The number of halogens is 2. The highest BCUT2D eigenvalue weighted by Crippen LogP contribution is 2.47. The van der Waals surface area contributed by atoms with Gasteiger partial charge in [0.25, 0.3) is 0 Å². The Morgan fingerprint density at radius 2 is 2.14 bits per heavy atom. The third-order valence-corrected chi connectivity index (χ3v) is 3.04. The van der Waals surface area contributed by atoms with Gasteiger partial charge in [-0.2, -0.15) is 0 Å². The molecule has 1 aromatic rings. The predicted octanol–water partition coefficient (Wildman–Crippen LogP) is 3.80. The van der Waals surface area contributed by atoms with Crippen LogP contribution in [0.15, 0.2) is 30.4 Å². The number of epoxide rings is 1. The maximum Gasteiger partial charge on any atom is 0.138 e. The number of benzene rings is 1. The fraction of sp³-hybridized carbons (Fsp3) is 0.273. The predicted molar refractivity (Wildman–Crippen MR) is 58.9 cm³/mol. The molecule has 1 aliphatic rings. The van der Waals surface area contributed by atoms with Crippen LogP contribution in [-0.2, 0) is 10.3 Å². The molecule has 14 heavy (non-hydrogen) atoms. The van der Waals surface area contributed by atoms with Gasteiger partial charge < -0.3 is 4.74 Å². The van der Waals surface area contributed by atoms with Crippen molar-refractivity contribution in [3.05, 3.63) is 46.0 Å². The van der Waals surface area contributed by atoms with Crippen molar-refractivity contribution in [2.75, 3.05) is 6.61 Å². The maximum atomic E-state index is 6.09. The number of ether oxygens (including phenoxy) is 1. The molecule has 1 aliphatic heterocycles. The van der Waals surface area contributed by atoms with Crippen molar-refractivity contribution in [1.82, 2.24) is 0 Å². The fourth-order valence-electron chi connectivity index (χ4n) is 1.52. The molecule has 1 unspecified atom stereocenters. The molecule has 1 fully saturated rings. The Labute approximate surface area is 93.3 Å². The normalized spacial score (nSPS) is 24.8. The van der Waals surface area contributed by atoms with Gasteiger partial charge >= 0.3 is 0 Å². The fourth-order valence-corrected chi connectivity index (χ4v) is 2.08. The molecule has 1 heterocycles. The molecular weight excluding hydrogens is 219 g/mol. The van der Waals surface area contributed by atoms with E-state index in [0.717, 1.165) is 11.1 Å². The third kappa shape index (κ3) is 1.46. The van der Waals surface area contributed by atoms with Crippen molar-refractivity contribution in [1.29, 1.82) is 0 Å². The van der Waals surface area contributed by atoms with Gasteiger partial charge in [0.15, 0.2) is 0 Å². The lowest BCUT2D eigenvalue weighted by molar-refractivity contribution is 0.345. The van der Waals surface area contributed by atoms with E-state index in [0.29, 0.717) is 16.7 Å². The van der Waals surface area contributed by atoms with Crippen molar-refractivity contribution in [3.63, 3.8) is 0 Å². The smallest absolute Gasteiger partial charge is 0.138 e. The molecule has 74 valence electrons. The van der Waals surface area contributed by atoms with Crippen LogP contribution >= 0.6 is 23.2 Å². The second kappa shape index (κ2) is 3.27. The Morgan fingerprint density at radius 3 is 2.57 bits per heavy atom. The topological polar surface area (TPSA) is 12.5 Å². The van der Waals surface area contributed by atoms with Gasteiger partial charge in [0.05, 0.1) is 6.61 Å². The number of hydrogen-bond donors (Lipinski definition) is 0. The molecule has 3 heteroatoms. The van der Waals surface area contributed by atoms with E-state index in [2.05, 4.69) is 6.58 Å². The standard InChI is InChI=1S/C11H10Cl2O/c1-7(2)11(6-14-11)9-4-3-8(12)5-10(9)13/h3-5H,1,6H2,2H3. The Balaban J connectivity index is 2.47. The minimum atomic E-state index is -0.359. The summed E-state index contributed by atoms with van der Waals surface area (Å²) >= 11 is 11.9. The molecule has 0 N–H and O–H groups in total. The van der Waals surface area contributed by atoms with Crippen LogP contribution in [0.3, 0.4) is 0 Å². The molecule has 0 aliphatic carbocycles. The quantitative estimate of drug-likeness (QED) is 0.555. The summed E-state index contributed by atoms with van der Waals surface area (Å²) < 4.78 is 5.44. The highest BCUT2D eigenvalue weighted by atomic mass is 35.5. The minimum Gasteiger partial charge on any atom is -0.360 e. The molecule has 0 bridgehead atoms. The molecule has 1 nitrogen and oxygen atoms in total. The van der Waals surface area contributed by atoms with Crippen LogP contribution in [-0.4, -0.2) is 6.61 Å². The second-order valence-corrected chi connectivity index (χ2v) is 4.36. The largest absolute Gasteiger partial charge is 0.360 e. The molecule has 0 radical (unpaired) electrons. The van der Waals surface area contributed by atoms with E-state index in [1.807, 2.05) is 19.1 Å². The summed E-state index contributed by atoms with van der Waals surface area (Å²) in [6.07, 6.45) is 0. The first kappa shape index (κ1) is 10.0. The van der Waals surface area contributed by atoms with Gasteiger partial charge in [0, 0.05) is 15.6 Å². The Hall–Kier alpha value is -0.500. The highest BCUT2D eigenvalue weighted by molar-refractivity contribution is 6.35. The van der Waals surface area contributed by atoms with Crippen molar-refractivity contribution >= 4 is 23.2 Å². The van der Waals surface area contributed by atoms with E-state index in [1.54, 1.807) is 6.07 Å². The van der Waals surface area contributed by atoms with Crippen molar-refractivity contribution in [2.45, 2.75) is 12.5 Å². The average molecular weight is 229 g/mol. The van der Waals surface area contributed by atoms with E-state index in [9.17, 15) is 0 Å². The lowest BCUT2D eigenvalue weighted by atomic mass is 9.94. The van der Waals surface area contributed by atoms with Crippen molar-refractivity contribution < 1.29 is 4.74 Å². The van der Waals surface area contributed by atoms with E-state index >= 15 is 0 Å². The van der Waals surface area contributed by atoms with E-state index in [4.69, 9.17) is 27.9 Å². The van der Waals surface area contributed by atoms with Crippen LogP contribution in [0.2, 0.25) is 10.0 Å². The monoisotopic (exact) mass is 228 g/mol. The molecule has 1 saturated heterocycles.